The van der Waals surface area contributed by atoms with Crippen molar-refractivity contribution in [2.45, 2.75) is 63.9 Å². The van der Waals surface area contributed by atoms with E-state index in [1.807, 2.05) is 32.9 Å². The van der Waals surface area contributed by atoms with Crippen molar-refractivity contribution in [1.29, 1.82) is 0 Å². The zero-order valence-electron chi connectivity index (χ0n) is 23.3. The average Bonchev–Trinajstić information content (AvgIpc) is 2.97. The van der Waals surface area contributed by atoms with Crippen LogP contribution in [0.1, 0.15) is 51.2 Å². The Morgan fingerprint density at radius 2 is 1.50 bits per heavy atom. The molecule has 0 radical (unpaired) electrons. The number of hydrogen-bond donors (Lipinski definition) is 1. The summed E-state index contributed by atoms with van der Waals surface area (Å²) in [6.45, 7) is 6.07. The molecule has 3 aromatic carbocycles. The first-order chi connectivity index (χ1) is 19.2. The van der Waals surface area contributed by atoms with E-state index >= 15 is 0 Å². The highest BCUT2D eigenvalue weighted by Gasteiger charge is 2.33. The van der Waals surface area contributed by atoms with Gasteiger partial charge in [0.15, 0.2) is 0 Å². The van der Waals surface area contributed by atoms with Gasteiger partial charge in [0.2, 0.25) is 11.8 Å². The number of hydrogen-bond acceptors (Lipinski definition) is 4. The number of amides is 2. The maximum Gasteiger partial charge on any atom is 0.264 e. The molecular weight excluding hydrogens is 546 g/mol. The summed E-state index contributed by atoms with van der Waals surface area (Å²) < 4.78 is 28.8. The monoisotopic (exact) mass is 583 g/mol. The topological polar surface area (TPSA) is 86.8 Å². The number of nitrogens with one attached hydrogen (secondary N) is 1. The summed E-state index contributed by atoms with van der Waals surface area (Å²) in [7, 11) is -4.08. The first kappa shape index (κ1) is 31.2. The molecule has 0 aromatic heterocycles. The van der Waals surface area contributed by atoms with Crippen LogP contribution < -0.4 is 9.62 Å². The van der Waals surface area contributed by atoms with E-state index in [4.69, 9.17) is 11.6 Å². The van der Waals surface area contributed by atoms with E-state index in [1.165, 1.54) is 17.0 Å². The minimum Gasteiger partial charge on any atom is -0.354 e. The predicted octanol–water partition coefficient (Wildman–Crippen LogP) is 5.82. The van der Waals surface area contributed by atoms with E-state index in [-0.39, 0.29) is 17.3 Å². The highest BCUT2D eigenvalue weighted by atomic mass is 35.5. The first-order valence-corrected chi connectivity index (χ1v) is 15.5. The second kappa shape index (κ2) is 14.9. The van der Waals surface area contributed by atoms with Crippen LogP contribution in [0.2, 0.25) is 5.02 Å². The summed E-state index contributed by atoms with van der Waals surface area (Å²) in [4.78, 5) is 28.8. The minimum absolute atomic E-state index is 0.0796. The molecule has 0 saturated carbocycles. The summed E-state index contributed by atoms with van der Waals surface area (Å²) in [6.07, 6.45) is 2.91. The molecule has 0 heterocycles. The lowest BCUT2D eigenvalue weighted by Crippen LogP contribution is -2.52. The van der Waals surface area contributed by atoms with Crippen molar-refractivity contribution < 1.29 is 18.0 Å². The molecule has 2 amide bonds. The Morgan fingerprint density at radius 1 is 0.875 bits per heavy atom. The lowest BCUT2D eigenvalue weighted by molar-refractivity contribution is -0.140. The Hall–Kier alpha value is -3.36. The molecule has 0 spiro atoms. The maximum atomic E-state index is 14.0. The van der Waals surface area contributed by atoms with Gasteiger partial charge >= 0.3 is 0 Å². The summed E-state index contributed by atoms with van der Waals surface area (Å²) in [5.74, 6) is -0.741. The SMILES string of the molecule is CCCCNC(=O)C(CC)N(Cc1ccc(Cl)cc1)C(=O)CN(c1ccc(CC)cc1)S(=O)(=O)c1ccccc1. The van der Waals surface area contributed by atoms with Crippen molar-refractivity contribution in [2.24, 2.45) is 0 Å². The second-order valence-electron chi connectivity index (χ2n) is 9.56. The first-order valence-electron chi connectivity index (χ1n) is 13.7. The lowest BCUT2D eigenvalue weighted by atomic mass is 10.1. The van der Waals surface area contributed by atoms with E-state index in [2.05, 4.69) is 5.32 Å². The molecule has 0 fully saturated rings. The molecule has 40 heavy (non-hydrogen) atoms. The number of aryl methyl sites for hydroxylation is 1. The van der Waals surface area contributed by atoms with Gasteiger partial charge in [-0.25, -0.2) is 8.42 Å². The molecule has 1 atom stereocenters. The van der Waals surface area contributed by atoms with Crippen LogP contribution in [0.5, 0.6) is 0 Å². The van der Waals surface area contributed by atoms with Gasteiger partial charge in [-0.1, -0.05) is 81.3 Å². The number of benzene rings is 3. The Balaban J connectivity index is 2.02. The summed E-state index contributed by atoms with van der Waals surface area (Å²) in [5.41, 5.74) is 2.20. The fraction of sp³-hybridized carbons (Fsp3) is 0.355. The van der Waals surface area contributed by atoms with Crippen LogP contribution in [0.4, 0.5) is 5.69 Å². The molecule has 3 aromatic rings. The van der Waals surface area contributed by atoms with E-state index < -0.39 is 28.5 Å². The van der Waals surface area contributed by atoms with E-state index in [1.54, 1.807) is 54.6 Å². The molecule has 3 rings (SSSR count). The van der Waals surface area contributed by atoms with Gasteiger partial charge < -0.3 is 10.2 Å². The fourth-order valence-electron chi connectivity index (χ4n) is 4.36. The van der Waals surface area contributed by atoms with Crippen LogP contribution in [0, 0.1) is 0 Å². The molecule has 0 saturated heterocycles. The Bertz CT molecular complexity index is 1350. The minimum atomic E-state index is -4.08. The van der Waals surface area contributed by atoms with Crippen LogP contribution in [0.3, 0.4) is 0 Å². The number of carbonyl (C=O) groups excluding carboxylic acids is 2. The van der Waals surface area contributed by atoms with E-state index in [9.17, 15) is 18.0 Å². The standard InChI is InChI=1S/C31H38ClN3O4S/c1-4-7-21-33-31(37)29(6-3)34(22-25-13-17-26(32)18-14-25)30(36)23-35(27-19-15-24(5-2)16-20-27)40(38,39)28-11-9-8-10-12-28/h8-20,29H,4-7,21-23H2,1-3H3,(H,33,37). The zero-order valence-corrected chi connectivity index (χ0v) is 24.9. The van der Waals surface area contributed by atoms with Crippen LogP contribution in [0.15, 0.2) is 83.8 Å². The van der Waals surface area contributed by atoms with Gasteiger partial charge in [0.1, 0.15) is 12.6 Å². The van der Waals surface area contributed by atoms with Crippen LogP contribution in [-0.4, -0.2) is 44.3 Å². The van der Waals surface area contributed by atoms with Gasteiger partial charge in [0, 0.05) is 18.1 Å². The molecule has 0 aliphatic rings. The van der Waals surface area contributed by atoms with Crippen LogP contribution >= 0.6 is 11.6 Å². The number of halogens is 1. The van der Waals surface area contributed by atoms with Crippen molar-refractivity contribution in [2.75, 3.05) is 17.4 Å². The summed E-state index contributed by atoms with van der Waals surface area (Å²) >= 11 is 6.07. The van der Waals surface area contributed by atoms with Crippen molar-refractivity contribution in [3.8, 4) is 0 Å². The Labute approximate surface area is 243 Å². The fourth-order valence-corrected chi connectivity index (χ4v) is 5.92. The summed E-state index contributed by atoms with van der Waals surface area (Å²) in [5, 5.41) is 3.49. The van der Waals surface area contributed by atoms with Crippen LogP contribution in [0.25, 0.3) is 0 Å². The molecular formula is C31H38ClN3O4S. The number of carbonyl (C=O) groups is 2. The average molecular weight is 584 g/mol. The highest BCUT2D eigenvalue weighted by molar-refractivity contribution is 7.92. The second-order valence-corrected chi connectivity index (χ2v) is 11.9. The molecule has 9 heteroatoms. The van der Waals surface area contributed by atoms with Crippen molar-refractivity contribution >= 4 is 39.1 Å². The van der Waals surface area contributed by atoms with Gasteiger partial charge in [-0.05, 0) is 66.8 Å². The van der Waals surface area contributed by atoms with E-state index in [0.717, 1.165) is 34.7 Å². The number of nitrogens with zero attached hydrogens (tertiary/aromatic N) is 2. The van der Waals surface area contributed by atoms with E-state index in [0.29, 0.717) is 23.7 Å². The Morgan fingerprint density at radius 3 is 2.08 bits per heavy atom. The third-order valence-corrected chi connectivity index (χ3v) is 8.76. The largest absolute Gasteiger partial charge is 0.354 e. The van der Waals surface area contributed by atoms with Crippen molar-refractivity contribution in [3.05, 3.63) is 95.0 Å². The van der Waals surface area contributed by atoms with Crippen molar-refractivity contribution in [3.63, 3.8) is 0 Å². The molecule has 0 aliphatic heterocycles. The molecule has 214 valence electrons. The smallest absolute Gasteiger partial charge is 0.264 e. The number of rotatable bonds is 14. The van der Waals surface area contributed by atoms with Gasteiger partial charge in [-0.3, -0.25) is 13.9 Å². The predicted molar refractivity (Wildman–Crippen MR) is 161 cm³/mol. The van der Waals surface area contributed by atoms with Gasteiger partial charge in [-0.15, -0.1) is 0 Å². The molecule has 0 bridgehead atoms. The normalized spacial score (nSPS) is 12.0. The third kappa shape index (κ3) is 8.08. The molecule has 0 aliphatic carbocycles. The van der Waals surface area contributed by atoms with Gasteiger partial charge in [0.25, 0.3) is 10.0 Å². The number of anilines is 1. The summed E-state index contributed by atoms with van der Waals surface area (Å²) in [6, 6.07) is 21.5. The quantitative estimate of drug-likeness (QED) is 0.242. The maximum absolute atomic E-state index is 14.0. The third-order valence-electron chi connectivity index (χ3n) is 6.72. The van der Waals surface area contributed by atoms with Crippen molar-refractivity contribution in [1.82, 2.24) is 10.2 Å². The number of sulfonamides is 1. The molecule has 7 nitrogen and oxygen atoms in total. The zero-order chi connectivity index (χ0) is 29.1. The lowest BCUT2D eigenvalue weighted by Gasteiger charge is -2.33. The van der Waals surface area contributed by atoms with Gasteiger partial charge in [0.05, 0.1) is 10.6 Å². The highest BCUT2D eigenvalue weighted by Crippen LogP contribution is 2.25. The molecule has 1 N–H and O–H groups in total. The Kier molecular flexibility index (Phi) is 11.6. The number of unbranched alkanes of at least 4 members (excludes halogenated alkanes) is 1. The molecule has 1 unspecified atom stereocenters. The van der Waals surface area contributed by atoms with Crippen LogP contribution in [-0.2, 0) is 32.6 Å². The van der Waals surface area contributed by atoms with Gasteiger partial charge in [-0.2, -0.15) is 0 Å².